The predicted octanol–water partition coefficient (Wildman–Crippen LogP) is 2.31. The van der Waals surface area contributed by atoms with Gasteiger partial charge >= 0.3 is 0 Å². The van der Waals surface area contributed by atoms with Crippen molar-refractivity contribution in [2.45, 2.75) is 13.5 Å². The molecule has 3 aromatic heterocycles. The molecule has 0 aliphatic heterocycles. The van der Waals surface area contributed by atoms with Gasteiger partial charge in [-0.3, -0.25) is 14.0 Å². The maximum Gasteiger partial charge on any atom is 0.270 e. The minimum absolute atomic E-state index is 0.229. The van der Waals surface area contributed by atoms with E-state index in [0.717, 1.165) is 11.3 Å². The molecule has 4 aromatic rings. The second-order valence-corrected chi connectivity index (χ2v) is 6.74. The number of carbonyl (C=O) groups excluding carboxylic acids is 1. The van der Waals surface area contributed by atoms with Gasteiger partial charge in [-0.1, -0.05) is 6.07 Å². The summed E-state index contributed by atoms with van der Waals surface area (Å²) in [6, 6.07) is 16.2. The van der Waals surface area contributed by atoms with Gasteiger partial charge in [-0.2, -0.15) is 5.10 Å². The van der Waals surface area contributed by atoms with Crippen molar-refractivity contribution in [2.24, 2.45) is 0 Å². The fourth-order valence-electron chi connectivity index (χ4n) is 3.27. The number of nitrogens with one attached hydrogen (secondary N) is 1. The highest BCUT2D eigenvalue weighted by atomic mass is 16.5. The number of carbonyl (C=O) groups is 1. The molecular formula is C22H21N5O3. The number of rotatable bonds is 6. The lowest BCUT2D eigenvalue weighted by molar-refractivity contribution is 0.0945. The molecule has 0 saturated carbocycles. The van der Waals surface area contributed by atoms with E-state index in [0.29, 0.717) is 22.7 Å². The van der Waals surface area contributed by atoms with Crippen LogP contribution in [0.4, 0.5) is 0 Å². The highest BCUT2D eigenvalue weighted by Gasteiger charge is 2.16. The third-order valence-electron chi connectivity index (χ3n) is 4.78. The Morgan fingerprint density at radius 1 is 1.10 bits per heavy atom. The Bertz CT molecular complexity index is 1260. The average Bonchev–Trinajstić information content (AvgIpc) is 3.10. The number of aryl methyl sites for hydroxylation is 1. The molecule has 0 unspecified atom stereocenters. The van der Waals surface area contributed by atoms with Crippen molar-refractivity contribution >= 4 is 11.6 Å². The molecule has 1 N–H and O–H groups in total. The third kappa shape index (κ3) is 3.80. The number of hydrogen-bond acceptors (Lipinski definition) is 5. The van der Waals surface area contributed by atoms with Gasteiger partial charge in [0.25, 0.3) is 11.5 Å². The van der Waals surface area contributed by atoms with Crippen molar-refractivity contribution in [3.8, 4) is 17.0 Å². The summed E-state index contributed by atoms with van der Waals surface area (Å²) in [5, 5.41) is 7.27. The van der Waals surface area contributed by atoms with E-state index < -0.39 is 0 Å². The minimum atomic E-state index is -0.245. The standard InChI is InChI=1S/C22H21N5O3/c1-15-21(26-13-4-3-5-19(26)24-15)22(29)23-12-14-27-20(28)11-10-18(25-27)16-6-8-17(30-2)9-7-16/h3-11,13H,12,14H2,1-2H3,(H,23,29). The first-order valence-corrected chi connectivity index (χ1v) is 9.51. The van der Waals surface area contributed by atoms with E-state index in [9.17, 15) is 9.59 Å². The number of aromatic nitrogens is 4. The number of amides is 1. The van der Waals surface area contributed by atoms with Crippen LogP contribution in [-0.2, 0) is 6.54 Å². The molecule has 8 heteroatoms. The SMILES string of the molecule is COc1ccc(-c2ccc(=O)n(CCNC(=O)c3c(C)nc4ccccn34)n2)cc1. The first-order valence-electron chi connectivity index (χ1n) is 9.51. The molecule has 0 bridgehead atoms. The zero-order valence-corrected chi connectivity index (χ0v) is 16.7. The Kier molecular flexibility index (Phi) is 5.30. The van der Waals surface area contributed by atoms with E-state index in [2.05, 4.69) is 15.4 Å². The molecule has 152 valence electrons. The topological polar surface area (TPSA) is 90.5 Å². The van der Waals surface area contributed by atoms with Gasteiger partial charge in [0, 0.05) is 24.4 Å². The average molecular weight is 403 g/mol. The van der Waals surface area contributed by atoms with E-state index >= 15 is 0 Å². The molecule has 30 heavy (non-hydrogen) atoms. The van der Waals surface area contributed by atoms with E-state index in [-0.39, 0.29) is 24.6 Å². The van der Waals surface area contributed by atoms with Crippen LogP contribution in [0.15, 0.2) is 65.6 Å². The van der Waals surface area contributed by atoms with Gasteiger partial charge in [0.15, 0.2) is 0 Å². The largest absolute Gasteiger partial charge is 0.497 e. The molecule has 1 amide bonds. The molecule has 0 fully saturated rings. The lowest BCUT2D eigenvalue weighted by Gasteiger charge is -2.09. The van der Waals surface area contributed by atoms with E-state index in [1.807, 2.05) is 42.5 Å². The van der Waals surface area contributed by atoms with Gasteiger partial charge in [-0.25, -0.2) is 9.67 Å². The lowest BCUT2D eigenvalue weighted by atomic mass is 10.1. The maximum atomic E-state index is 12.7. The van der Waals surface area contributed by atoms with Crippen LogP contribution in [-0.4, -0.2) is 38.7 Å². The Morgan fingerprint density at radius 3 is 2.67 bits per heavy atom. The molecule has 3 heterocycles. The molecule has 0 spiro atoms. The van der Waals surface area contributed by atoms with Crippen LogP contribution in [0.3, 0.4) is 0 Å². The fraction of sp³-hybridized carbons (Fsp3) is 0.182. The number of ether oxygens (including phenoxy) is 1. The summed E-state index contributed by atoms with van der Waals surface area (Å²) >= 11 is 0. The Morgan fingerprint density at radius 2 is 1.90 bits per heavy atom. The van der Waals surface area contributed by atoms with Crippen molar-refractivity contribution in [3.05, 3.63) is 82.5 Å². The normalized spacial score (nSPS) is 10.9. The monoisotopic (exact) mass is 403 g/mol. The number of pyridine rings is 1. The highest BCUT2D eigenvalue weighted by molar-refractivity contribution is 5.94. The molecule has 0 atom stereocenters. The van der Waals surface area contributed by atoms with Crippen molar-refractivity contribution in [2.75, 3.05) is 13.7 Å². The minimum Gasteiger partial charge on any atom is -0.497 e. The zero-order valence-electron chi connectivity index (χ0n) is 16.7. The summed E-state index contributed by atoms with van der Waals surface area (Å²) in [5.41, 5.74) is 3.15. The molecule has 0 aliphatic rings. The van der Waals surface area contributed by atoms with Gasteiger partial charge in [0.1, 0.15) is 17.1 Å². The Hall–Kier alpha value is -3.94. The zero-order chi connectivity index (χ0) is 21.1. The van der Waals surface area contributed by atoms with Gasteiger partial charge in [-0.15, -0.1) is 0 Å². The van der Waals surface area contributed by atoms with Crippen molar-refractivity contribution in [1.82, 2.24) is 24.5 Å². The summed E-state index contributed by atoms with van der Waals surface area (Å²) in [6.07, 6.45) is 1.80. The van der Waals surface area contributed by atoms with Crippen molar-refractivity contribution < 1.29 is 9.53 Å². The third-order valence-corrected chi connectivity index (χ3v) is 4.78. The molecule has 1 aromatic carbocycles. The summed E-state index contributed by atoms with van der Waals surface area (Å²) in [4.78, 5) is 29.3. The van der Waals surface area contributed by atoms with Crippen molar-refractivity contribution in [1.29, 1.82) is 0 Å². The molecule has 0 aliphatic carbocycles. The number of hydrogen-bond donors (Lipinski definition) is 1. The number of methoxy groups -OCH3 is 1. The van der Waals surface area contributed by atoms with Crippen LogP contribution >= 0.6 is 0 Å². The van der Waals surface area contributed by atoms with Crippen molar-refractivity contribution in [3.63, 3.8) is 0 Å². The van der Waals surface area contributed by atoms with Crippen LogP contribution in [0.25, 0.3) is 16.9 Å². The Labute approximate surface area is 172 Å². The van der Waals surface area contributed by atoms with Gasteiger partial charge in [-0.05, 0) is 49.4 Å². The Balaban J connectivity index is 1.47. The smallest absolute Gasteiger partial charge is 0.270 e. The first-order chi connectivity index (χ1) is 14.6. The summed E-state index contributed by atoms with van der Waals surface area (Å²) < 4.78 is 8.26. The maximum absolute atomic E-state index is 12.7. The number of imidazole rings is 1. The predicted molar refractivity (Wildman–Crippen MR) is 113 cm³/mol. The van der Waals surface area contributed by atoms with Crippen LogP contribution in [0.1, 0.15) is 16.2 Å². The molecule has 4 rings (SSSR count). The lowest BCUT2D eigenvalue weighted by Crippen LogP contribution is -2.32. The number of benzene rings is 1. The van der Waals surface area contributed by atoms with Gasteiger partial charge in [0.05, 0.1) is 25.0 Å². The van der Waals surface area contributed by atoms with E-state index in [1.54, 1.807) is 30.7 Å². The highest BCUT2D eigenvalue weighted by Crippen LogP contribution is 2.19. The van der Waals surface area contributed by atoms with Gasteiger partial charge < -0.3 is 10.1 Å². The summed E-state index contributed by atoms with van der Waals surface area (Å²) in [6.45, 7) is 2.31. The van der Waals surface area contributed by atoms with Crippen LogP contribution in [0.2, 0.25) is 0 Å². The second kappa shape index (κ2) is 8.20. The van der Waals surface area contributed by atoms with Crippen LogP contribution in [0, 0.1) is 6.92 Å². The molecule has 0 radical (unpaired) electrons. The first kappa shape index (κ1) is 19.4. The van der Waals surface area contributed by atoms with E-state index in [4.69, 9.17) is 4.74 Å². The quantitative estimate of drug-likeness (QED) is 0.534. The van der Waals surface area contributed by atoms with Crippen LogP contribution < -0.4 is 15.6 Å². The van der Waals surface area contributed by atoms with Crippen LogP contribution in [0.5, 0.6) is 5.75 Å². The summed E-state index contributed by atoms with van der Waals surface area (Å²) in [7, 11) is 1.61. The molecule has 8 nitrogen and oxygen atoms in total. The number of fused-ring (bicyclic) bond motifs is 1. The molecule has 0 saturated heterocycles. The second-order valence-electron chi connectivity index (χ2n) is 6.74. The fourth-order valence-corrected chi connectivity index (χ4v) is 3.27. The van der Waals surface area contributed by atoms with E-state index in [1.165, 1.54) is 10.7 Å². The molecular weight excluding hydrogens is 382 g/mol. The number of nitrogens with zero attached hydrogens (tertiary/aromatic N) is 4. The summed E-state index contributed by atoms with van der Waals surface area (Å²) in [5.74, 6) is 0.503. The van der Waals surface area contributed by atoms with Gasteiger partial charge in [0.2, 0.25) is 0 Å².